The van der Waals surface area contributed by atoms with E-state index in [9.17, 15) is 0 Å². The average molecular weight is 265 g/mol. The third kappa shape index (κ3) is 2.97. The summed E-state index contributed by atoms with van der Waals surface area (Å²) in [5, 5.41) is 4.44. The van der Waals surface area contributed by atoms with Crippen molar-refractivity contribution in [2.45, 2.75) is 34.2 Å². The Kier molecular flexibility index (Phi) is 4.14. The van der Waals surface area contributed by atoms with Crippen LogP contribution in [0.3, 0.4) is 0 Å². The second kappa shape index (κ2) is 5.63. The molecule has 5 heteroatoms. The summed E-state index contributed by atoms with van der Waals surface area (Å²) in [7, 11) is 0. The van der Waals surface area contributed by atoms with Crippen molar-refractivity contribution < 1.29 is 4.42 Å². The Morgan fingerprint density at radius 2 is 2.17 bits per heavy atom. The smallest absolute Gasteiger partial charge is 0.181 e. The minimum absolute atomic E-state index is 0.632. The Morgan fingerprint density at radius 3 is 2.78 bits per heavy atom. The van der Waals surface area contributed by atoms with Gasteiger partial charge >= 0.3 is 0 Å². The first-order valence-corrected chi connectivity index (χ1v) is 6.97. The molecule has 2 rings (SSSR count). The molecule has 0 saturated carbocycles. The van der Waals surface area contributed by atoms with E-state index in [4.69, 9.17) is 4.42 Å². The third-order valence-electron chi connectivity index (χ3n) is 2.60. The van der Waals surface area contributed by atoms with Gasteiger partial charge in [-0.15, -0.1) is 11.3 Å². The minimum atomic E-state index is 0.632. The first kappa shape index (κ1) is 13.2. The van der Waals surface area contributed by atoms with E-state index >= 15 is 0 Å². The standard InChI is InChI=1S/C13H19N3OS/c1-8(2)5-14-6-11-12(17-7-15-11)13-9(3)16-10(4)18-13/h7-8,14H,5-6H2,1-4H3. The van der Waals surface area contributed by atoms with Gasteiger partial charge in [-0.05, 0) is 26.3 Å². The van der Waals surface area contributed by atoms with Gasteiger partial charge in [0.2, 0.25) is 0 Å². The predicted octanol–water partition coefficient (Wildman–Crippen LogP) is 3.16. The lowest BCUT2D eigenvalue weighted by molar-refractivity contribution is 0.545. The van der Waals surface area contributed by atoms with Crippen LogP contribution in [0.4, 0.5) is 0 Å². The molecule has 2 aromatic heterocycles. The van der Waals surface area contributed by atoms with Crippen LogP contribution in [-0.2, 0) is 6.54 Å². The monoisotopic (exact) mass is 265 g/mol. The van der Waals surface area contributed by atoms with Crippen LogP contribution in [0.1, 0.15) is 30.2 Å². The van der Waals surface area contributed by atoms with Gasteiger partial charge in [-0.2, -0.15) is 0 Å². The Balaban J connectivity index is 2.15. The molecule has 0 aliphatic carbocycles. The summed E-state index contributed by atoms with van der Waals surface area (Å²) < 4.78 is 5.52. The van der Waals surface area contributed by atoms with Gasteiger partial charge in [0.15, 0.2) is 12.2 Å². The van der Waals surface area contributed by atoms with Crippen molar-refractivity contribution in [3.8, 4) is 10.6 Å². The molecule has 1 N–H and O–H groups in total. The molecule has 0 radical (unpaired) electrons. The van der Waals surface area contributed by atoms with E-state index in [1.807, 2.05) is 13.8 Å². The molecule has 0 unspecified atom stereocenters. The van der Waals surface area contributed by atoms with Crippen molar-refractivity contribution in [2.75, 3.05) is 6.54 Å². The maximum atomic E-state index is 5.52. The molecule has 0 amide bonds. The fourth-order valence-corrected chi connectivity index (χ4v) is 2.73. The molecule has 0 aliphatic heterocycles. The number of aryl methyl sites for hydroxylation is 2. The third-order valence-corrected chi connectivity index (χ3v) is 3.67. The fraction of sp³-hybridized carbons (Fsp3) is 0.538. The largest absolute Gasteiger partial charge is 0.442 e. The molecular formula is C13H19N3OS. The molecule has 0 bridgehead atoms. The quantitative estimate of drug-likeness (QED) is 0.902. The zero-order valence-corrected chi connectivity index (χ0v) is 12.1. The highest BCUT2D eigenvalue weighted by Gasteiger charge is 2.16. The summed E-state index contributed by atoms with van der Waals surface area (Å²) in [6, 6.07) is 0. The zero-order chi connectivity index (χ0) is 13.1. The second-order valence-electron chi connectivity index (χ2n) is 4.80. The summed E-state index contributed by atoms with van der Waals surface area (Å²) in [6.45, 7) is 10.1. The molecule has 0 fully saturated rings. The lowest BCUT2D eigenvalue weighted by Crippen LogP contribution is -2.19. The molecule has 0 saturated heterocycles. The number of hydrogen-bond acceptors (Lipinski definition) is 5. The number of oxazole rings is 1. The summed E-state index contributed by atoms with van der Waals surface area (Å²) in [5.41, 5.74) is 1.97. The van der Waals surface area contributed by atoms with Crippen molar-refractivity contribution in [3.63, 3.8) is 0 Å². The van der Waals surface area contributed by atoms with E-state index < -0.39 is 0 Å². The van der Waals surface area contributed by atoms with Gasteiger partial charge in [-0.3, -0.25) is 0 Å². The Morgan fingerprint density at radius 1 is 1.39 bits per heavy atom. The highest BCUT2D eigenvalue weighted by Crippen LogP contribution is 2.31. The predicted molar refractivity (Wildman–Crippen MR) is 73.6 cm³/mol. The van der Waals surface area contributed by atoms with Crippen LogP contribution in [0, 0.1) is 19.8 Å². The Labute approximate surface area is 111 Å². The molecule has 2 heterocycles. The van der Waals surface area contributed by atoms with E-state index in [1.165, 1.54) is 6.39 Å². The van der Waals surface area contributed by atoms with Gasteiger partial charge in [0.25, 0.3) is 0 Å². The first-order valence-electron chi connectivity index (χ1n) is 6.15. The van der Waals surface area contributed by atoms with Gasteiger partial charge in [0, 0.05) is 6.54 Å². The summed E-state index contributed by atoms with van der Waals surface area (Å²) in [4.78, 5) is 9.81. The molecule has 0 atom stereocenters. The Hall–Kier alpha value is -1.20. The lowest BCUT2D eigenvalue weighted by atomic mass is 10.2. The van der Waals surface area contributed by atoms with Gasteiger partial charge in [-0.25, -0.2) is 9.97 Å². The molecule has 18 heavy (non-hydrogen) atoms. The van der Waals surface area contributed by atoms with Crippen molar-refractivity contribution >= 4 is 11.3 Å². The van der Waals surface area contributed by atoms with Gasteiger partial charge in [-0.1, -0.05) is 13.8 Å². The maximum Gasteiger partial charge on any atom is 0.181 e. The van der Waals surface area contributed by atoms with E-state index in [2.05, 4.69) is 29.1 Å². The van der Waals surface area contributed by atoms with E-state index in [0.29, 0.717) is 5.92 Å². The van der Waals surface area contributed by atoms with Crippen molar-refractivity contribution in [2.24, 2.45) is 5.92 Å². The minimum Gasteiger partial charge on any atom is -0.442 e. The molecule has 98 valence electrons. The van der Waals surface area contributed by atoms with E-state index in [-0.39, 0.29) is 0 Å². The number of nitrogens with one attached hydrogen (secondary N) is 1. The van der Waals surface area contributed by atoms with Crippen molar-refractivity contribution in [1.29, 1.82) is 0 Å². The number of hydrogen-bond donors (Lipinski definition) is 1. The molecule has 0 spiro atoms. The Bertz CT molecular complexity index is 516. The number of thiazole rings is 1. The topological polar surface area (TPSA) is 51.0 Å². The molecule has 0 aromatic carbocycles. The number of nitrogens with zero attached hydrogens (tertiary/aromatic N) is 2. The summed E-state index contributed by atoms with van der Waals surface area (Å²) in [5.74, 6) is 1.49. The van der Waals surface area contributed by atoms with E-state index in [0.717, 1.165) is 40.1 Å². The molecule has 0 aliphatic rings. The van der Waals surface area contributed by atoms with Crippen LogP contribution in [0.15, 0.2) is 10.8 Å². The van der Waals surface area contributed by atoms with E-state index in [1.54, 1.807) is 11.3 Å². The van der Waals surface area contributed by atoms with Gasteiger partial charge < -0.3 is 9.73 Å². The van der Waals surface area contributed by atoms with Gasteiger partial charge in [0.05, 0.1) is 15.6 Å². The van der Waals surface area contributed by atoms with Crippen LogP contribution < -0.4 is 5.32 Å². The normalized spacial score (nSPS) is 11.4. The van der Waals surface area contributed by atoms with Crippen molar-refractivity contribution in [3.05, 3.63) is 22.8 Å². The SMILES string of the molecule is Cc1nc(C)c(-c2ocnc2CNCC(C)C)s1. The maximum absolute atomic E-state index is 5.52. The van der Waals surface area contributed by atoms with Crippen LogP contribution in [0.5, 0.6) is 0 Å². The number of aromatic nitrogens is 2. The van der Waals surface area contributed by atoms with Crippen LogP contribution in [0.2, 0.25) is 0 Å². The highest BCUT2D eigenvalue weighted by atomic mass is 32.1. The van der Waals surface area contributed by atoms with Crippen LogP contribution in [0.25, 0.3) is 10.6 Å². The number of rotatable bonds is 5. The molecular weight excluding hydrogens is 246 g/mol. The average Bonchev–Trinajstić information content (AvgIpc) is 2.84. The molecule has 2 aromatic rings. The van der Waals surface area contributed by atoms with Crippen LogP contribution >= 0.6 is 11.3 Å². The lowest BCUT2D eigenvalue weighted by Gasteiger charge is -2.06. The zero-order valence-electron chi connectivity index (χ0n) is 11.3. The summed E-state index contributed by atoms with van der Waals surface area (Å²) in [6.07, 6.45) is 1.51. The van der Waals surface area contributed by atoms with Crippen LogP contribution in [-0.4, -0.2) is 16.5 Å². The fourth-order valence-electron chi connectivity index (χ4n) is 1.80. The second-order valence-corrected chi connectivity index (χ2v) is 6.00. The highest BCUT2D eigenvalue weighted by molar-refractivity contribution is 7.15. The van der Waals surface area contributed by atoms with Gasteiger partial charge in [0.1, 0.15) is 5.69 Å². The molecule has 4 nitrogen and oxygen atoms in total. The van der Waals surface area contributed by atoms with Crippen molar-refractivity contribution in [1.82, 2.24) is 15.3 Å². The summed E-state index contributed by atoms with van der Waals surface area (Å²) >= 11 is 1.65. The first-order chi connectivity index (χ1) is 8.58.